The van der Waals surface area contributed by atoms with E-state index >= 15 is 0 Å². The number of urea groups is 1. The Bertz CT molecular complexity index is 343. The lowest BCUT2D eigenvalue weighted by atomic mass is 9.68. The van der Waals surface area contributed by atoms with Gasteiger partial charge in [0.25, 0.3) is 0 Å². The Kier molecular flexibility index (Phi) is 4.48. The van der Waals surface area contributed by atoms with E-state index in [1.165, 1.54) is 0 Å². The molecule has 5 heteroatoms. The van der Waals surface area contributed by atoms with Gasteiger partial charge in [0.05, 0.1) is 0 Å². The van der Waals surface area contributed by atoms with Crippen molar-refractivity contribution in [3.05, 3.63) is 0 Å². The van der Waals surface area contributed by atoms with Crippen molar-refractivity contribution in [2.24, 2.45) is 17.3 Å². The van der Waals surface area contributed by atoms with Gasteiger partial charge in [-0.3, -0.25) is 20.2 Å². The summed E-state index contributed by atoms with van der Waals surface area (Å²) in [6.45, 7) is 7.93. The topological polar surface area (TPSA) is 75.3 Å². The second-order valence-electron chi connectivity index (χ2n) is 5.45. The van der Waals surface area contributed by atoms with E-state index in [0.717, 1.165) is 6.42 Å². The molecule has 1 fully saturated rings. The minimum absolute atomic E-state index is 0.0932. The molecule has 0 bridgehead atoms. The normalized spacial score (nSPS) is 20.6. The van der Waals surface area contributed by atoms with Crippen molar-refractivity contribution < 1.29 is 14.4 Å². The van der Waals surface area contributed by atoms with Gasteiger partial charge in [-0.05, 0) is 24.7 Å². The van der Waals surface area contributed by atoms with Crippen LogP contribution in [-0.4, -0.2) is 17.8 Å². The molecule has 0 radical (unpaired) electrons. The predicted octanol–water partition coefficient (Wildman–Crippen LogP) is 1.82. The number of hydrogen-bond donors (Lipinski definition) is 2. The number of nitrogens with one attached hydrogen (secondary N) is 2. The molecule has 1 aliphatic rings. The number of hydrogen-bond acceptors (Lipinski definition) is 3. The Morgan fingerprint density at radius 3 is 1.94 bits per heavy atom. The van der Waals surface area contributed by atoms with Crippen LogP contribution in [0.15, 0.2) is 0 Å². The zero-order valence-corrected chi connectivity index (χ0v) is 11.5. The molecule has 1 aliphatic heterocycles. The molecule has 0 saturated carbocycles. The largest absolute Gasteiger partial charge is 0.328 e. The van der Waals surface area contributed by atoms with Crippen LogP contribution in [0, 0.1) is 17.3 Å². The zero-order chi connectivity index (χ0) is 13.9. The molecule has 0 aromatic heterocycles. The summed E-state index contributed by atoms with van der Waals surface area (Å²) in [6, 6.07) is -0.714. The van der Waals surface area contributed by atoms with Crippen LogP contribution in [0.1, 0.15) is 47.0 Å². The highest BCUT2D eigenvalue weighted by atomic mass is 16.2. The maximum atomic E-state index is 12.2. The van der Waals surface area contributed by atoms with E-state index in [0.29, 0.717) is 18.8 Å². The second-order valence-corrected chi connectivity index (χ2v) is 5.45. The SMILES string of the molecule is CCC(C)C1(CCC(C)C)C(=O)NC(=O)NC1=O. The molecule has 0 aliphatic carbocycles. The fourth-order valence-electron chi connectivity index (χ4n) is 2.35. The quantitative estimate of drug-likeness (QED) is 0.735. The minimum atomic E-state index is -1.10. The molecule has 1 saturated heterocycles. The van der Waals surface area contributed by atoms with Gasteiger partial charge >= 0.3 is 6.03 Å². The minimum Gasteiger partial charge on any atom is -0.277 e. The van der Waals surface area contributed by atoms with Crippen molar-refractivity contribution in [3.8, 4) is 0 Å². The van der Waals surface area contributed by atoms with E-state index < -0.39 is 23.3 Å². The maximum absolute atomic E-state index is 12.2. The highest BCUT2D eigenvalue weighted by molar-refractivity contribution is 6.19. The van der Waals surface area contributed by atoms with Gasteiger partial charge in [0.15, 0.2) is 0 Å². The Labute approximate surface area is 108 Å². The molecular formula is C13H22N2O3. The van der Waals surface area contributed by atoms with E-state index in [9.17, 15) is 14.4 Å². The van der Waals surface area contributed by atoms with Crippen LogP contribution < -0.4 is 10.6 Å². The van der Waals surface area contributed by atoms with Gasteiger partial charge in [0.1, 0.15) is 5.41 Å². The van der Waals surface area contributed by atoms with Crippen LogP contribution in [0.5, 0.6) is 0 Å². The molecule has 0 spiro atoms. The number of carbonyl (C=O) groups is 3. The molecular weight excluding hydrogens is 232 g/mol. The van der Waals surface area contributed by atoms with Crippen molar-refractivity contribution in [3.63, 3.8) is 0 Å². The summed E-state index contributed by atoms with van der Waals surface area (Å²) >= 11 is 0. The van der Waals surface area contributed by atoms with Gasteiger partial charge in [-0.1, -0.05) is 34.1 Å². The molecule has 1 rings (SSSR count). The van der Waals surface area contributed by atoms with E-state index in [4.69, 9.17) is 0 Å². The summed E-state index contributed by atoms with van der Waals surface area (Å²) in [5, 5.41) is 4.46. The second kappa shape index (κ2) is 5.50. The first-order chi connectivity index (χ1) is 8.34. The summed E-state index contributed by atoms with van der Waals surface area (Å²) < 4.78 is 0. The first-order valence-electron chi connectivity index (χ1n) is 6.51. The van der Waals surface area contributed by atoms with E-state index in [1.54, 1.807) is 0 Å². The Morgan fingerprint density at radius 2 is 1.56 bits per heavy atom. The van der Waals surface area contributed by atoms with Gasteiger partial charge in [0.2, 0.25) is 11.8 Å². The van der Waals surface area contributed by atoms with E-state index in [-0.39, 0.29) is 5.92 Å². The summed E-state index contributed by atoms with van der Waals surface area (Å²) in [5.74, 6) is -0.592. The van der Waals surface area contributed by atoms with Crippen molar-refractivity contribution in [1.29, 1.82) is 0 Å². The number of amides is 4. The molecule has 4 amide bonds. The van der Waals surface area contributed by atoms with Crippen molar-refractivity contribution in [1.82, 2.24) is 10.6 Å². The Balaban J connectivity index is 3.05. The summed E-state index contributed by atoms with van der Waals surface area (Å²) in [7, 11) is 0. The van der Waals surface area contributed by atoms with Crippen LogP contribution in [0.3, 0.4) is 0 Å². The average molecular weight is 254 g/mol. The monoisotopic (exact) mass is 254 g/mol. The first-order valence-corrected chi connectivity index (χ1v) is 6.51. The molecule has 1 unspecified atom stereocenters. The van der Waals surface area contributed by atoms with Crippen molar-refractivity contribution >= 4 is 17.8 Å². The molecule has 1 heterocycles. The third-order valence-corrected chi connectivity index (χ3v) is 3.83. The first kappa shape index (κ1) is 14.7. The standard InChI is InChI=1S/C13H22N2O3/c1-5-9(4)13(7-6-8(2)3)10(16)14-12(18)15-11(13)17/h8-9H,5-7H2,1-4H3,(H2,14,15,16,17,18). The van der Waals surface area contributed by atoms with Crippen LogP contribution >= 0.6 is 0 Å². The van der Waals surface area contributed by atoms with Crippen LogP contribution in [0.4, 0.5) is 4.79 Å². The number of barbiturate groups is 1. The van der Waals surface area contributed by atoms with Gasteiger partial charge in [-0.25, -0.2) is 4.79 Å². The molecule has 1 atom stereocenters. The van der Waals surface area contributed by atoms with Gasteiger partial charge in [0, 0.05) is 0 Å². The van der Waals surface area contributed by atoms with Gasteiger partial charge in [-0.15, -0.1) is 0 Å². The average Bonchev–Trinajstić information content (AvgIpc) is 2.27. The lowest BCUT2D eigenvalue weighted by molar-refractivity contribution is -0.149. The molecule has 2 N–H and O–H groups in total. The van der Waals surface area contributed by atoms with Crippen LogP contribution in [-0.2, 0) is 9.59 Å². The third-order valence-electron chi connectivity index (χ3n) is 3.83. The van der Waals surface area contributed by atoms with Crippen molar-refractivity contribution in [2.45, 2.75) is 47.0 Å². The van der Waals surface area contributed by atoms with E-state index in [1.807, 2.05) is 27.7 Å². The molecule has 0 aromatic carbocycles. The van der Waals surface area contributed by atoms with E-state index in [2.05, 4.69) is 10.6 Å². The number of imide groups is 2. The lowest BCUT2D eigenvalue weighted by Crippen LogP contribution is -2.64. The predicted molar refractivity (Wildman–Crippen MR) is 67.6 cm³/mol. The highest BCUT2D eigenvalue weighted by Gasteiger charge is 2.52. The lowest BCUT2D eigenvalue weighted by Gasteiger charge is -2.38. The molecule has 0 aromatic rings. The summed E-state index contributed by atoms with van der Waals surface area (Å²) in [5.41, 5.74) is -1.10. The fourth-order valence-corrected chi connectivity index (χ4v) is 2.35. The van der Waals surface area contributed by atoms with Crippen LogP contribution in [0.25, 0.3) is 0 Å². The van der Waals surface area contributed by atoms with Crippen molar-refractivity contribution in [2.75, 3.05) is 0 Å². The summed E-state index contributed by atoms with van der Waals surface area (Å²) in [4.78, 5) is 35.5. The Hall–Kier alpha value is -1.39. The smallest absolute Gasteiger partial charge is 0.277 e. The summed E-state index contributed by atoms with van der Waals surface area (Å²) in [6.07, 6.45) is 1.97. The van der Waals surface area contributed by atoms with Crippen LogP contribution in [0.2, 0.25) is 0 Å². The third kappa shape index (κ3) is 2.54. The Morgan fingerprint density at radius 1 is 1.06 bits per heavy atom. The number of carbonyl (C=O) groups excluding carboxylic acids is 3. The highest BCUT2D eigenvalue weighted by Crippen LogP contribution is 2.38. The molecule has 5 nitrogen and oxygen atoms in total. The fraction of sp³-hybridized carbons (Fsp3) is 0.769. The number of rotatable bonds is 5. The molecule has 102 valence electrons. The van der Waals surface area contributed by atoms with Gasteiger partial charge in [-0.2, -0.15) is 0 Å². The zero-order valence-electron chi connectivity index (χ0n) is 11.5. The maximum Gasteiger partial charge on any atom is 0.328 e. The molecule has 18 heavy (non-hydrogen) atoms. The van der Waals surface area contributed by atoms with Gasteiger partial charge < -0.3 is 0 Å².